The zero-order valence-corrected chi connectivity index (χ0v) is 14.7. The van der Waals surface area contributed by atoms with Gasteiger partial charge in [0.05, 0.1) is 6.54 Å². The maximum atomic E-state index is 5.89. The highest BCUT2D eigenvalue weighted by molar-refractivity contribution is 14.0. The maximum absolute atomic E-state index is 5.89. The first-order valence-electron chi connectivity index (χ1n) is 7.30. The number of rotatable bonds is 5. The van der Waals surface area contributed by atoms with Gasteiger partial charge in [0.1, 0.15) is 6.33 Å². The first kappa shape index (κ1) is 16.7. The molecule has 0 saturated heterocycles. The summed E-state index contributed by atoms with van der Waals surface area (Å²) < 4.78 is 0. The van der Waals surface area contributed by atoms with Crippen molar-refractivity contribution in [2.75, 3.05) is 6.54 Å². The Hall–Kier alpha value is -1.64. The van der Waals surface area contributed by atoms with Crippen LogP contribution in [0.25, 0.3) is 11.4 Å². The molecule has 1 fully saturated rings. The number of nitrogens with zero attached hydrogens (tertiary/aromatic N) is 3. The Morgan fingerprint density at radius 1 is 1.41 bits per heavy atom. The van der Waals surface area contributed by atoms with Crippen LogP contribution >= 0.6 is 24.0 Å². The van der Waals surface area contributed by atoms with E-state index in [1.165, 1.54) is 25.6 Å². The summed E-state index contributed by atoms with van der Waals surface area (Å²) in [6.07, 6.45) is 5.46. The molecule has 1 saturated carbocycles. The molecule has 0 amide bonds. The van der Waals surface area contributed by atoms with Crippen molar-refractivity contribution in [2.45, 2.75) is 25.8 Å². The van der Waals surface area contributed by atoms with Crippen LogP contribution in [0, 0.1) is 5.92 Å². The van der Waals surface area contributed by atoms with Crippen molar-refractivity contribution < 1.29 is 0 Å². The molecule has 1 aliphatic carbocycles. The van der Waals surface area contributed by atoms with Gasteiger partial charge in [0, 0.05) is 12.1 Å². The molecule has 4 N–H and O–H groups in total. The summed E-state index contributed by atoms with van der Waals surface area (Å²) >= 11 is 0. The van der Waals surface area contributed by atoms with Crippen molar-refractivity contribution in [3.8, 4) is 11.4 Å². The number of benzene rings is 1. The molecule has 2 aromatic rings. The van der Waals surface area contributed by atoms with Crippen LogP contribution in [0.2, 0.25) is 0 Å². The minimum Gasteiger partial charge on any atom is -0.370 e. The van der Waals surface area contributed by atoms with E-state index in [2.05, 4.69) is 25.5 Å². The Balaban J connectivity index is 0.00000176. The Bertz CT molecular complexity index is 606. The monoisotopic (exact) mass is 412 g/mol. The van der Waals surface area contributed by atoms with Crippen LogP contribution in [0.1, 0.15) is 24.8 Å². The molecule has 0 aliphatic heterocycles. The second-order valence-corrected chi connectivity index (χ2v) is 5.41. The van der Waals surface area contributed by atoms with Crippen LogP contribution in [0.4, 0.5) is 0 Å². The van der Waals surface area contributed by atoms with E-state index in [1.807, 2.05) is 24.3 Å². The van der Waals surface area contributed by atoms with Gasteiger partial charge in [0.15, 0.2) is 11.8 Å². The molecule has 1 heterocycles. The van der Waals surface area contributed by atoms with E-state index in [9.17, 15) is 0 Å². The van der Waals surface area contributed by atoms with Crippen LogP contribution < -0.4 is 11.1 Å². The van der Waals surface area contributed by atoms with E-state index in [1.54, 1.807) is 0 Å². The van der Waals surface area contributed by atoms with Crippen molar-refractivity contribution in [2.24, 2.45) is 16.6 Å². The summed E-state index contributed by atoms with van der Waals surface area (Å²) in [5, 5.41) is 9.92. The molecule has 0 unspecified atom stereocenters. The van der Waals surface area contributed by atoms with Gasteiger partial charge in [-0.15, -0.1) is 24.0 Å². The van der Waals surface area contributed by atoms with Crippen molar-refractivity contribution >= 4 is 29.9 Å². The van der Waals surface area contributed by atoms with Crippen LogP contribution in [0.3, 0.4) is 0 Å². The molecule has 0 atom stereocenters. The molecule has 1 aromatic heterocycles. The molecule has 118 valence electrons. The van der Waals surface area contributed by atoms with E-state index < -0.39 is 0 Å². The lowest BCUT2D eigenvalue weighted by Crippen LogP contribution is -2.37. The van der Waals surface area contributed by atoms with E-state index >= 15 is 0 Å². The highest BCUT2D eigenvalue weighted by Gasteiger charge is 2.16. The number of halogens is 1. The fourth-order valence-corrected chi connectivity index (χ4v) is 2.34. The molecule has 7 heteroatoms. The largest absolute Gasteiger partial charge is 0.370 e. The highest BCUT2D eigenvalue weighted by atomic mass is 127. The van der Waals surface area contributed by atoms with Crippen LogP contribution in [-0.2, 0) is 6.54 Å². The van der Waals surface area contributed by atoms with Crippen LogP contribution in [0.5, 0.6) is 0 Å². The number of guanidine groups is 1. The maximum Gasteiger partial charge on any atom is 0.188 e. The summed E-state index contributed by atoms with van der Waals surface area (Å²) in [5.41, 5.74) is 7.99. The van der Waals surface area contributed by atoms with E-state index in [4.69, 9.17) is 5.73 Å². The summed E-state index contributed by atoms with van der Waals surface area (Å²) in [6.45, 7) is 1.50. The van der Waals surface area contributed by atoms with Gasteiger partial charge in [0.25, 0.3) is 0 Å². The van der Waals surface area contributed by atoms with Gasteiger partial charge >= 0.3 is 0 Å². The summed E-state index contributed by atoms with van der Waals surface area (Å²) in [7, 11) is 0. The van der Waals surface area contributed by atoms with Gasteiger partial charge < -0.3 is 11.1 Å². The fraction of sp³-hybridized carbons (Fsp3) is 0.400. The normalized spacial score (nSPS) is 15.0. The van der Waals surface area contributed by atoms with Gasteiger partial charge in [-0.05, 0) is 30.4 Å². The number of aromatic nitrogens is 3. The molecule has 3 rings (SSSR count). The predicted molar refractivity (Wildman–Crippen MR) is 97.9 cm³/mol. The van der Waals surface area contributed by atoms with Crippen LogP contribution in [-0.4, -0.2) is 27.7 Å². The topological polar surface area (TPSA) is 92.0 Å². The number of aliphatic imine (C=N–C) groups is 1. The van der Waals surface area contributed by atoms with Crippen molar-refractivity contribution in [1.29, 1.82) is 0 Å². The quantitative estimate of drug-likeness (QED) is 0.399. The lowest BCUT2D eigenvalue weighted by atomic mass is 9.85. The second-order valence-electron chi connectivity index (χ2n) is 5.41. The zero-order chi connectivity index (χ0) is 14.5. The summed E-state index contributed by atoms with van der Waals surface area (Å²) in [5.74, 6) is 2.05. The van der Waals surface area contributed by atoms with E-state index in [0.717, 1.165) is 29.4 Å². The number of nitrogens with two attached hydrogens (primary N) is 1. The SMILES string of the molecule is I.NC(=NCc1cccc(-c2ncn[nH]2)c1)NCC1CCC1. The van der Waals surface area contributed by atoms with Gasteiger partial charge in [-0.25, -0.2) is 9.98 Å². The van der Waals surface area contributed by atoms with Crippen molar-refractivity contribution in [3.05, 3.63) is 36.2 Å². The molecule has 6 nitrogen and oxygen atoms in total. The van der Waals surface area contributed by atoms with E-state index in [-0.39, 0.29) is 24.0 Å². The molecule has 1 aromatic carbocycles. The Morgan fingerprint density at radius 3 is 2.95 bits per heavy atom. The zero-order valence-electron chi connectivity index (χ0n) is 12.3. The minimum atomic E-state index is 0. The Labute approximate surface area is 147 Å². The van der Waals surface area contributed by atoms with Gasteiger partial charge in [-0.3, -0.25) is 5.10 Å². The van der Waals surface area contributed by atoms with Gasteiger partial charge in [0.2, 0.25) is 0 Å². The number of hydrogen-bond acceptors (Lipinski definition) is 3. The minimum absolute atomic E-state index is 0. The number of H-pyrrole nitrogens is 1. The average Bonchev–Trinajstić information content (AvgIpc) is 2.98. The number of hydrogen-bond donors (Lipinski definition) is 3. The molecular weight excluding hydrogens is 391 g/mol. The third-order valence-electron chi connectivity index (χ3n) is 3.84. The predicted octanol–water partition coefficient (Wildman–Crippen LogP) is 2.29. The molecule has 0 radical (unpaired) electrons. The lowest BCUT2D eigenvalue weighted by Gasteiger charge is -2.25. The van der Waals surface area contributed by atoms with Gasteiger partial charge in [-0.1, -0.05) is 24.6 Å². The number of aromatic amines is 1. The van der Waals surface area contributed by atoms with Gasteiger partial charge in [-0.2, -0.15) is 5.10 Å². The summed E-state index contributed by atoms with van der Waals surface area (Å²) in [4.78, 5) is 8.53. The highest BCUT2D eigenvalue weighted by Crippen LogP contribution is 2.25. The average molecular weight is 412 g/mol. The molecule has 1 aliphatic rings. The van der Waals surface area contributed by atoms with Crippen LogP contribution in [0.15, 0.2) is 35.6 Å². The Morgan fingerprint density at radius 2 is 2.27 bits per heavy atom. The Kier molecular flexibility index (Phi) is 6.17. The molecule has 0 spiro atoms. The standard InChI is InChI=1S/C15H20N6.HI/c16-15(17-8-11-3-1-4-11)18-9-12-5-2-6-13(7-12)14-19-10-20-21-14;/h2,5-7,10-11H,1,3-4,8-9H2,(H3,16,17,18)(H,19,20,21);1H. The first-order chi connectivity index (χ1) is 10.3. The smallest absolute Gasteiger partial charge is 0.188 e. The van der Waals surface area contributed by atoms with E-state index in [0.29, 0.717) is 12.5 Å². The number of nitrogens with one attached hydrogen (secondary N) is 2. The fourth-order valence-electron chi connectivity index (χ4n) is 2.34. The molecule has 0 bridgehead atoms. The van der Waals surface area contributed by atoms with Crippen molar-refractivity contribution in [1.82, 2.24) is 20.5 Å². The third kappa shape index (κ3) is 4.43. The third-order valence-corrected chi connectivity index (χ3v) is 3.84. The second kappa shape index (κ2) is 8.11. The first-order valence-corrected chi connectivity index (χ1v) is 7.30. The van der Waals surface area contributed by atoms with Crippen molar-refractivity contribution in [3.63, 3.8) is 0 Å². The molecule has 22 heavy (non-hydrogen) atoms. The molecular formula is C15H21IN6. The summed E-state index contributed by atoms with van der Waals surface area (Å²) in [6, 6.07) is 8.05. The lowest BCUT2D eigenvalue weighted by molar-refractivity contribution is 0.315.